The second-order valence-corrected chi connectivity index (χ2v) is 22.9. The second-order valence-electron chi connectivity index (χ2n) is 22.9. The van der Waals surface area contributed by atoms with Gasteiger partial charge in [-0.2, -0.15) is 0 Å². The molecule has 1 atom stereocenters. The van der Waals surface area contributed by atoms with Crippen molar-refractivity contribution in [3.63, 3.8) is 0 Å². The van der Waals surface area contributed by atoms with Crippen molar-refractivity contribution < 1.29 is 4.74 Å². The van der Waals surface area contributed by atoms with E-state index < -0.39 is 0 Å². The van der Waals surface area contributed by atoms with Gasteiger partial charge in [0.2, 0.25) is 0 Å². The molecule has 11 nitrogen and oxygen atoms in total. The molecule has 3 heterocycles. The Labute approximate surface area is 530 Å². The van der Waals surface area contributed by atoms with Crippen LogP contribution in [0.5, 0.6) is 0 Å². The Bertz CT molecular complexity index is 2360. The van der Waals surface area contributed by atoms with Gasteiger partial charge in [-0.3, -0.25) is 9.80 Å². The highest BCUT2D eigenvalue weighted by molar-refractivity contribution is 5.52. The number of likely N-dealkylation sites (N-methyl/N-ethyl adjacent to an activating group) is 3. The van der Waals surface area contributed by atoms with Crippen LogP contribution in [0.3, 0.4) is 0 Å². The zero-order valence-corrected chi connectivity index (χ0v) is 58.5. The minimum Gasteiger partial charge on any atom is -0.380 e. The first-order valence-corrected chi connectivity index (χ1v) is 31.7. The number of hydrogen-bond acceptors (Lipinski definition) is 11. The summed E-state index contributed by atoms with van der Waals surface area (Å²) in [5.41, 5.74) is 13.7. The Morgan fingerprint density at radius 3 is 1.59 bits per heavy atom. The van der Waals surface area contributed by atoms with Gasteiger partial charge in [-0.05, 0) is 176 Å². The predicted octanol–water partition coefficient (Wildman–Crippen LogP) is 13.6. The van der Waals surface area contributed by atoms with Crippen LogP contribution in [-0.2, 0) is 43.9 Å². The fourth-order valence-electron chi connectivity index (χ4n) is 8.18. The zero-order valence-electron chi connectivity index (χ0n) is 58.5. The standard InChI is InChI=1S/C10H16N2.C10H15N.3C9H13N.C6H13NO.2C6H11N.C6H12.C4H11N/c1-11-8-9-6-4-5-7-10(9)12(2)3;1-3-9-4-6-10(7-5-9)8-11-2;1-8-4-3-5-9(6-8)7-10-2;1-8-5-3-4-6-9(8)7-10-2;1-10(2)8-9-6-4-3-5-7-9;1-7-3-2-5-8-6-4-7;1-6-3-4-7(2)5-6;1-6-4-3-5-7(6)2;1-3-5-6-4-2;1-4-5(2)3/h4-7,11H,8H2,1-3H3;4-7,11H,3,8H2,1-2H3;2*3-6,10H,7H2,1-2H3;3-7H,8H2,1-2H3;2-6H2,1H3;3H,4-5H2,1-2H3;3-4,6H,5H2,1-2H3;3H,1,4-6H2,2H3;4H2,1-3H3. The SMILES string of the molecule is C=CCCCC.CC1=CCN(C)C1.CC1C=CCN1C.CCN(C)C.CCc1ccc(CNC)cc1.CN(C)Cc1ccccc1.CN1CCCOCC1.CNCc1cccc(C)c1.CNCc1ccccc1C.CNCc1ccccc1N(C)C. The lowest BCUT2D eigenvalue weighted by Gasteiger charge is -2.16. The van der Waals surface area contributed by atoms with Gasteiger partial charge in [0, 0.05) is 97.9 Å². The van der Waals surface area contributed by atoms with E-state index in [1.54, 1.807) is 0 Å². The van der Waals surface area contributed by atoms with Crippen LogP contribution in [0.25, 0.3) is 0 Å². The maximum Gasteiger partial charge on any atom is 0.0593 e. The van der Waals surface area contributed by atoms with E-state index in [0.29, 0.717) is 6.04 Å². The van der Waals surface area contributed by atoms with Crippen molar-refractivity contribution in [1.82, 2.24) is 45.8 Å². The molecule has 5 aromatic carbocycles. The molecule has 86 heavy (non-hydrogen) atoms. The summed E-state index contributed by atoms with van der Waals surface area (Å²) in [5, 5.41) is 12.5. The van der Waals surface area contributed by atoms with E-state index in [4.69, 9.17) is 4.74 Å². The number of para-hydroxylation sites is 1. The van der Waals surface area contributed by atoms with Gasteiger partial charge >= 0.3 is 0 Å². The molecule has 0 radical (unpaired) electrons. The number of ether oxygens (including phenoxy) is 1. The highest BCUT2D eigenvalue weighted by Crippen LogP contribution is 2.17. The Hall–Kier alpha value is -5.28. The summed E-state index contributed by atoms with van der Waals surface area (Å²) in [5.74, 6) is 0. The molecule has 0 amide bonds. The minimum atomic E-state index is 0.667. The summed E-state index contributed by atoms with van der Waals surface area (Å²) in [6.45, 7) is 32.3. The fourth-order valence-corrected chi connectivity index (χ4v) is 8.18. The molecule has 0 aromatic heterocycles. The topological polar surface area (TPSA) is 76.8 Å². The Kier molecular flexibility index (Phi) is 54.1. The van der Waals surface area contributed by atoms with Crippen molar-refractivity contribution in [2.75, 3.05) is 149 Å². The van der Waals surface area contributed by atoms with Crippen molar-refractivity contribution in [3.8, 4) is 0 Å². The lowest BCUT2D eigenvalue weighted by atomic mass is 10.1. The summed E-state index contributed by atoms with van der Waals surface area (Å²) in [7, 11) is 26.6. The Balaban J connectivity index is 0. The van der Waals surface area contributed by atoms with E-state index >= 15 is 0 Å². The summed E-state index contributed by atoms with van der Waals surface area (Å²) in [6.07, 6.45) is 14.7. The smallest absolute Gasteiger partial charge is 0.0593 e. The van der Waals surface area contributed by atoms with Gasteiger partial charge in [-0.1, -0.05) is 190 Å². The average Bonchev–Trinajstić information content (AvgIpc) is 4.18. The van der Waals surface area contributed by atoms with Crippen LogP contribution in [0.4, 0.5) is 5.69 Å². The highest BCUT2D eigenvalue weighted by Gasteiger charge is 2.07. The molecule has 484 valence electrons. The largest absolute Gasteiger partial charge is 0.380 e. The van der Waals surface area contributed by atoms with Gasteiger partial charge in [0.15, 0.2) is 0 Å². The van der Waals surface area contributed by atoms with Gasteiger partial charge in [-0.25, -0.2) is 0 Å². The van der Waals surface area contributed by atoms with Crippen LogP contribution in [0, 0.1) is 13.8 Å². The van der Waals surface area contributed by atoms with E-state index in [2.05, 4.69) is 309 Å². The fraction of sp³-hybridized carbons (Fsp3) is 0.520. The molecule has 8 rings (SSSR count). The summed E-state index contributed by atoms with van der Waals surface area (Å²) < 4.78 is 5.22. The lowest BCUT2D eigenvalue weighted by Crippen LogP contribution is -2.21. The summed E-state index contributed by atoms with van der Waals surface area (Å²) >= 11 is 0. The monoisotopic (exact) mass is 1190 g/mol. The average molecular weight is 1190 g/mol. The molecule has 0 saturated carbocycles. The number of nitrogens with one attached hydrogen (secondary N) is 4. The van der Waals surface area contributed by atoms with Gasteiger partial charge in [0.1, 0.15) is 0 Å². The molecule has 5 aromatic rings. The zero-order chi connectivity index (χ0) is 64.8. The number of nitrogens with zero attached hydrogens (tertiary/aromatic N) is 6. The third-order valence-corrected chi connectivity index (χ3v) is 13.7. The van der Waals surface area contributed by atoms with Crippen LogP contribution >= 0.6 is 0 Å². The number of rotatable bonds is 16. The van der Waals surface area contributed by atoms with Crippen molar-refractivity contribution in [3.05, 3.63) is 208 Å². The van der Waals surface area contributed by atoms with Crippen molar-refractivity contribution in [2.45, 2.75) is 119 Å². The first kappa shape index (κ1) is 82.8. The second kappa shape index (κ2) is 56.2. The predicted molar refractivity (Wildman–Crippen MR) is 383 cm³/mol. The quantitative estimate of drug-likeness (QED) is 0.0564. The number of anilines is 1. The minimum absolute atomic E-state index is 0.667. The molecular formula is C75H128N10O. The lowest BCUT2D eigenvalue weighted by molar-refractivity contribution is 0.144. The van der Waals surface area contributed by atoms with Crippen LogP contribution in [-0.4, -0.2) is 175 Å². The summed E-state index contributed by atoms with van der Waals surface area (Å²) in [4.78, 5) is 13.3. The number of hydrogen-bond donors (Lipinski definition) is 4. The van der Waals surface area contributed by atoms with Crippen LogP contribution in [0.15, 0.2) is 164 Å². The third-order valence-electron chi connectivity index (χ3n) is 13.7. The van der Waals surface area contributed by atoms with Gasteiger partial charge in [0.05, 0.1) is 6.61 Å². The normalized spacial score (nSPS) is 14.1. The van der Waals surface area contributed by atoms with Crippen LogP contribution in [0.2, 0.25) is 0 Å². The Morgan fingerprint density at radius 2 is 1.15 bits per heavy atom. The van der Waals surface area contributed by atoms with E-state index in [1.165, 1.54) is 94.5 Å². The van der Waals surface area contributed by atoms with E-state index in [0.717, 1.165) is 78.5 Å². The first-order valence-electron chi connectivity index (χ1n) is 31.7. The van der Waals surface area contributed by atoms with E-state index in [1.807, 2.05) is 40.3 Å². The molecule has 1 unspecified atom stereocenters. The van der Waals surface area contributed by atoms with Crippen LogP contribution < -0.4 is 26.2 Å². The summed E-state index contributed by atoms with van der Waals surface area (Å²) in [6, 6.07) is 45.2. The third kappa shape index (κ3) is 47.8. The maximum absolute atomic E-state index is 5.22. The van der Waals surface area contributed by atoms with Gasteiger partial charge < -0.3 is 45.6 Å². The highest BCUT2D eigenvalue weighted by atomic mass is 16.5. The van der Waals surface area contributed by atoms with E-state index in [-0.39, 0.29) is 0 Å². The molecular weight excluding hydrogens is 1060 g/mol. The maximum atomic E-state index is 5.22. The first-order chi connectivity index (χ1) is 41.2. The number of allylic oxidation sites excluding steroid dienone is 1. The van der Waals surface area contributed by atoms with E-state index in [9.17, 15) is 0 Å². The molecule has 4 N–H and O–H groups in total. The molecule has 11 heteroatoms. The molecule has 3 aliphatic heterocycles. The van der Waals surface area contributed by atoms with Crippen molar-refractivity contribution >= 4 is 5.69 Å². The van der Waals surface area contributed by atoms with Crippen LogP contribution in [0.1, 0.15) is 105 Å². The molecule has 0 aliphatic carbocycles. The molecule has 1 saturated heterocycles. The molecule has 0 spiro atoms. The molecule has 3 aliphatic rings. The molecule has 0 bridgehead atoms. The number of aryl methyl sites for hydroxylation is 3. The van der Waals surface area contributed by atoms with Gasteiger partial charge in [-0.15, -0.1) is 6.58 Å². The number of unbranched alkanes of at least 4 members (excludes halogenated alkanes) is 2. The number of benzene rings is 5. The van der Waals surface area contributed by atoms with Crippen molar-refractivity contribution in [2.24, 2.45) is 0 Å². The van der Waals surface area contributed by atoms with Gasteiger partial charge in [0.25, 0.3) is 0 Å². The molecule has 1 fully saturated rings. The Morgan fingerprint density at radius 1 is 0.593 bits per heavy atom. The van der Waals surface area contributed by atoms with Crippen molar-refractivity contribution in [1.29, 1.82) is 0 Å².